The van der Waals surface area contributed by atoms with Gasteiger partial charge < -0.3 is 14.8 Å². The van der Waals surface area contributed by atoms with E-state index >= 15 is 0 Å². The van der Waals surface area contributed by atoms with Gasteiger partial charge in [-0.3, -0.25) is 4.79 Å². The Labute approximate surface area is 188 Å². The van der Waals surface area contributed by atoms with E-state index in [2.05, 4.69) is 11.4 Å². The van der Waals surface area contributed by atoms with E-state index in [1.54, 1.807) is 55.1 Å². The minimum absolute atomic E-state index is 0.211. The van der Waals surface area contributed by atoms with E-state index in [0.717, 1.165) is 38.6 Å². The Morgan fingerprint density at radius 1 is 1.03 bits per heavy atom. The summed E-state index contributed by atoms with van der Waals surface area (Å²) in [5, 5.41) is 4.99. The molecule has 1 aliphatic rings. The van der Waals surface area contributed by atoms with Gasteiger partial charge in [-0.25, -0.2) is 4.98 Å². The molecule has 0 saturated carbocycles. The fraction of sp³-hybridized carbons (Fsp3) is 0.250. The minimum atomic E-state index is -0.211. The molecule has 0 saturated heterocycles. The van der Waals surface area contributed by atoms with E-state index < -0.39 is 0 Å². The molecule has 2 aromatic carbocycles. The highest BCUT2D eigenvalue weighted by molar-refractivity contribution is 7.23. The lowest BCUT2D eigenvalue weighted by molar-refractivity contribution is 0.102. The number of benzene rings is 2. The highest BCUT2D eigenvalue weighted by Gasteiger charge is 2.26. The number of nitrogens with one attached hydrogen (secondary N) is 1. The number of hydrogen-bond acceptors (Lipinski definition) is 6. The molecule has 4 aromatic rings. The monoisotopic (exact) mass is 450 g/mol. The van der Waals surface area contributed by atoms with E-state index in [9.17, 15) is 4.79 Å². The van der Waals surface area contributed by atoms with Crippen molar-refractivity contribution in [1.82, 2.24) is 4.98 Å². The van der Waals surface area contributed by atoms with E-state index in [1.165, 1.54) is 23.3 Å². The summed E-state index contributed by atoms with van der Waals surface area (Å²) in [7, 11) is 3.15. The maximum Gasteiger partial charge on any atom is 0.260 e. The van der Waals surface area contributed by atoms with Gasteiger partial charge in [0.15, 0.2) is 0 Å². The van der Waals surface area contributed by atoms with Crippen molar-refractivity contribution in [2.24, 2.45) is 0 Å². The molecular weight excluding hydrogens is 428 g/mol. The van der Waals surface area contributed by atoms with Crippen LogP contribution in [0.1, 0.15) is 33.6 Å². The molecule has 0 unspecified atom stereocenters. The summed E-state index contributed by atoms with van der Waals surface area (Å²) in [6.07, 6.45) is 4.42. The smallest absolute Gasteiger partial charge is 0.260 e. The molecule has 1 aliphatic carbocycles. The number of amides is 1. The quantitative estimate of drug-likeness (QED) is 0.395. The first-order chi connectivity index (χ1) is 15.2. The first-order valence-electron chi connectivity index (χ1n) is 10.2. The molecule has 0 spiro atoms. The second kappa shape index (κ2) is 8.32. The largest absolute Gasteiger partial charge is 0.497 e. The molecule has 0 atom stereocenters. The van der Waals surface area contributed by atoms with Gasteiger partial charge in [0.1, 0.15) is 21.5 Å². The van der Waals surface area contributed by atoms with Gasteiger partial charge in [-0.05, 0) is 61.6 Å². The Hall–Kier alpha value is -2.90. The van der Waals surface area contributed by atoms with Crippen LogP contribution < -0.4 is 14.8 Å². The molecule has 0 aliphatic heterocycles. The average Bonchev–Trinajstić information content (AvgIpc) is 3.38. The summed E-state index contributed by atoms with van der Waals surface area (Å²) < 4.78 is 11.9. The Kier molecular flexibility index (Phi) is 5.38. The summed E-state index contributed by atoms with van der Waals surface area (Å²) in [4.78, 5) is 19.5. The van der Waals surface area contributed by atoms with Crippen molar-refractivity contribution in [2.75, 3.05) is 19.5 Å². The topological polar surface area (TPSA) is 60.5 Å². The normalized spacial score (nSPS) is 13.1. The molecule has 158 valence electrons. The van der Waals surface area contributed by atoms with Crippen molar-refractivity contribution in [3.05, 3.63) is 58.5 Å². The van der Waals surface area contributed by atoms with Gasteiger partial charge in [0.2, 0.25) is 0 Å². The number of hydrogen-bond donors (Lipinski definition) is 1. The SMILES string of the molecule is COc1ccc(OC)c(C(=O)Nc2sc3c(c2-c2nc4ccccc4s2)CCCC3)c1. The van der Waals surface area contributed by atoms with Crippen LogP contribution in [-0.4, -0.2) is 25.1 Å². The third-order valence-electron chi connectivity index (χ3n) is 5.56. The number of aryl methyl sites for hydroxylation is 1. The second-order valence-corrected chi connectivity index (χ2v) is 9.56. The molecule has 1 amide bonds. The van der Waals surface area contributed by atoms with Crippen molar-refractivity contribution in [3.8, 4) is 22.1 Å². The highest BCUT2D eigenvalue weighted by Crippen LogP contribution is 2.46. The molecule has 7 heteroatoms. The van der Waals surface area contributed by atoms with Gasteiger partial charge >= 0.3 is 0 Å². The standard InChI is InChI=1S/C24H22N2O3S2/c1-28-14-11-12-18(29-2)16(13-14)22(27)26-24-21(15-7-3-5-9-19(15)30-24)23-25-17-8-4-6-10-20(17)31-23/h4,6,8,10-13H,3,5,7,9H2,1-2H3,(H,26,27). The number of ether oxygens (including phenoxy) is 2. The van der Waals surface area contributed by atoms with Gasteiger partial charge in [0, 0.05) is 10.4 Å². The number of aromatic nitrogens is 1. The Balaban J connectivity index is 1.58. The maximum absolute atomic E-state index is 13.3. The Morgan fingerprint density at radius 2 is 1.87 bits per heavy atom. The average molecular weight is 451 g/mol. The number of carbonyl (C=O) groups is 1. The third kappa shape index (κ3) is 3.68. The zero-order valence-electron chi connectivity index (χ0n) is 17.4. The summed E-state index contributed by atoms with van der Waals surface area (Å²) in [5.74, 6) is 0.917. The number of rotatable bonds is 5. The Bertz CT molecular complexity index is 1240. The second-order valence-electron chi connectivity index (χ2n) is 7.42. The number of thiazole rings is 1. The number of fused-ring (bicyclic) bond motifs is 2. The molecular formula is C24H22N2O3S2. The van der Waals surface area contributed by atoms with Crippen LogP contribution in [0.25, 0.3) is 20.8 Å². The van der Waals surface area contributed by atoms with Crippen molar-refractivity contribution in [3.63, 3.8) is 0 Å². The maximum atomic E-state index is 13.3. The fourth-order valence-corrected chi connectivity index (χ4v) is 6.42. The van der Waals surface area contributed by atoms with E-state index in [4.69, 9.17) is 14.5 Å². The first kappa shape index (κ1) is 20.0. The minimum Gasteiger partial charge on any atom is -0.497 e. The summed E-state index contributed by atoms with van der Waals surface area (Å²) in [6.45, 7) is 0. The van der Waals surface area contributed by atoms with Crippen molar-refractivity contribution in [1.29, 1.82) is 0 Å². The van der Waals surface area contributed by atoms with Gasteiger partial charge in [-0.15, -0.1) is 22.7 Å². The van der Waals surface area contributed by atoms with Gasteiger partial charge in [-0.2, -0.15) is 0 Å². The van der Waals surface area contributed by atoms with Crippen LogP contribution in [0.5, 0.6) is 11.5 Å². The Morgan fingerprint density at radius 3 is 2.68 bits per heavy atom. The van der Waals surface area contributed by atoms with Gasteiger partial charge in [0.25, 0.3) is 5.91 Å². The lowest BCUT2D eigenvalue weighted by atomic mass is 9.95. The summed E-state index contributed by atoms with van der Waals surface area (Å²) >= 11 is 3.35. The lowest BCUT2D eigenvalue weighted by Gasteiger charge is -2.12. The lowest BCUT2D eigenvalue weighted by Crippen LogP contribution is -2.13. The zero-order valence-corrected chi connectivity index (χ0v) is 19.0. The zero-order chi connectivity index (χ0) is 21.4. The molecule has 0 bridgehead atoms. The van der Waals surface area contributed by atoms with Crippen molar-refractivity contribution < 1.29 is 14.3 Å². The number of nitrogens with zero attached hydrogens (tertiary/aromatic N) is 1. The van der Waals surface area contributed by atoms with Crippen molar-refractivity contribution in [2.45, 2.75) is 25.7 Å². The highest BCUT2D eigenvalue weighted by atomic mass is 32.1. The number of thiophene rings is 1. The van der Waals surface area contributed by atoms with Gasteiger partial charge in [0.05, 0.1) is 30.0 Å². The molecule has 5 nitrogen and oxygen atoms in total. The van der Waals surface area contributed by atoms with E-state index in [-0.39, 0.29) is 5.91 Å². The predicted molar refractivity (Wildman–Crippen MR) is 127 cm³/mol. The van der Waals surface area contributed by atoms with Crippen LogP contribution in [0, 0.1) is 0 Å². The molecule has 0 radical (unpaired) electrons. The third-order valence-corrected chi connectivity index (χ3v) is 7.82. The molecule has 2 aromatic heterocycles. The van der Waals surface area contributed by atoms with Crippen LogP contribution in [-0.2, 0) is 12.8 Å². The fourth-order valence-electron chi connectivity index (χ4n) is 4.02. The molecule has 2 heterocycles. The van der Waals surface area contributed by atoms with E-state index in [1.807, 2.05) is 18.2 Å². The molecule has 5 rings (SSSR count). The first-order valence-corrected chi connectivity index (χ1v) is 11.8. The molecule has 1 N–H and O–H groups in total. The number of carbonyl (C=O) groups excluding carboxylic acids is 1. The van der Waals surface area contributed by atoms with Crippen LogP contribution in [0.3, 0.4) is 0 Å². The van der Waals surface area contributed by atoms with Crippen LogP contribution in [0.2, 0.25) is 0 Å². The number of anilines is 1. The molecule has 31 heavy (non-hydrogen) atoms. The van der Waals surface area contributed by atoms with Crippen LogP contribution >= 0.6 is 22.7 Å². The van der Waals surface area contributed by atoms with Crippen LogP contribution in [0.15, 0.2) is 42.5 Å². The van der Waals surface area contributed by atoms with Gasteiger partial charge in [-0.1, -0.05) is 12.1 Å². The number of para-hydroxylation sites is 1. The van der Waals surface area contributed by atoms with Crippen molar-refractivity contribution >= 4 is 43.8 Å². The van der Waals surface area contributed by atoms with E-state index in [0.29, 0.717) is 17.1 Å². The number of methoxy groups -OCH3 is 2. The van der Waals surface area contributed by atoms with Crippen LogP contribution in [0.4, 0.5) is 5.00 Å². The summed E-state index contributed by atoms with van der Waals surface area (Å²) in [6, 6.07) is 13.4. The molecule has 0 fully saturated rings. The predicted octanol–water partition coefficient (Wildman–Crippen LogP) is 6.17. The summed E-state index contributed by atoms with van der Waals surface area (Å²) in [5.41, 5.74) is 3.85.